The Morgan fingerprint density at radius 2 is 1.73 bits per heavy atom. The van der Waals surface area contributed by atoms with Gasteiger partial charge in [-0.3, -0.25) is 9.69 Å². The number of aryl methyl sites for hydroxylation is 1. The largest absolute Gasteiger partial charge is 0.484 e. The molecule has 1 unspecified atom stereocenters. The lowest BCUT2D eigenvalue weighted by Crippen LogP contribution is -2.44. The first-order valence-corrected chi connectivity index (χ1v) is 9.91. The van der Waals surface area contributed by atoms with Gasteiger partial charge in [0, 0.05) is 0 Å². The number of carbonyl (C=O) groups excluding carboxylic acids is 2. The number of halogens is 5. The zero-order chi connectivity index (χ0) is 24.2. The van der Waals surface area contributed by atoms with E-state index in [0.29, 0.717) is 12.0 Å². The second kappa shape index (κ2) is 9.63. The Morgan fingerprint density at radius 1 is 1.03 bits per heavy atom. The molecule has 1 N–H and O–H groups in total. The molecule has 33 heavy (non-hydrogen) atoms. The lowest BCUT2D eigenvalue weighted by molar-refractivity contribution is -0.153. The van der Waals surface area contributed by atoms with Gasteiger partial charge in [0.25, 0.3) is 5.91 Å². The highest BCUT2D eigenvalue weighted by molar-refractivity contribution is 6.06. The maximum Gasteiger partial charge on any atom is 0.422 e. The number of carbonyl (C=O) groups is 2. The lowest BCUT2D eigenvalue weighted by atomic mass is 9.93. The van der Waals surface area contributed by atoms with Crippen molar-refractivity contribution in [3.63, 3.8) is 0 Å². The van der Waals surface area contributed by atoms with Gasteiger partial charge in [0.15, 0.2) is 6.61 Å². The molecule has 1 aliphatic rings. The van der Waals surface area contributed by atoms with E-state index in [2.05, 4.69) is 10.1 Å². The number of amides is 3. The first-order valence-electron chi connectivity index (χ1n) is 9.91. The highest BCUT2D eigenvalue weighted by Crippen LogP contribution is 2.27. The van der Waals surface area contributed by atoms with Crippen molar-refractivity contribution in [3.8, 4) is 11.5 Å². The normalized spacial score (nSPS) is 18.6. The minimum Gasteiger partial charge on any atom is -0.484 e. The first-order chi connectivity index (χ1) is 15.4. The van der Waals surface area contributed by atoms with E-state index in [1.807, 2.05) is 0 Å². The number of rotatable bonds is 9. The van der Waals surface area contributed by atoms with Gasteiger partial charge < -0.3 is 14.8 Å². The standard InChI is InChI=1S/C22H21F5N2O4/c1-21(10-9-14-5-7-16(8-6-14)33-19(23)24)18(30)29(20(31)28-21)12-15-3-2-4-17(11-15)32-13-22(25,26)27/h2-8,11,19H,9-10,12-13H2,1H3,(H,28,31). The van der Waals surface area contributed by atoms with E-state index >= 15 is 0 Å². The van der Waals surface area contributed by atoms with Crippen molar-refractivity contribution in [2.24, 2.45) is 0 Å². The summed E-state index contributed by atoms with van der Waals surface area (Å²) in [5.74, 6) is -0.497. The number of nitrogens with zero attached hydrogens (tertiary/aromatic N) is 1. The van der Waals surface area contributed by atoms with Crippen molar-refractivity contribution in [2.75, 3.05) is 6.61 Å². The minimum atomic E-state index is -4.49. The molecule has 178 valence electrons. The van der Waals surface area contributed by atoms with Gasteiger partial charge in [-0.05, 0) is 55.2 Å². The summed E-state index contributed by atoms with van der Waals surface area (Å²) in [6.45, 7) is -2.94. The van der Waals surface area contributed by atoms with Crippen LogP contribution in [0.2, 0.25) is 0 Å². The molecule has 0 radical (unpaired) electrons. The SMILES string of the molecule is CC1(CCc2ccc(OC(F)F)cc2)NC(=O)N(Cc2cccc(OCC(F)(F)F)c2)C1=O. The van der Waals surface area contributed by atoms with E-state index in [4.69, 9.17) is 4.74 Å². The Hall–Kier alpha value is -3.37. The van der Waals surface area contributed by atoms with Gasteiger partial charge in [-0.2, -0.15) is 22.0 Å². The van der Waals surface area contributed by atoms with Crippen molar-refractivity contribution < 1.29 is 41.0 Å². The number of imide groups is 1. The average molecular weight is 472 g/mol. The van der Waals surface area contributed by atoms with Crippen LogP contribution in [0.1, 0.15) is 24.5 Å². The third kappa shape index (κ3) is 6.56. The van der Waals surface area contributed by atoms with Gasteiger partial charge in [0.05, 0.1) is 6.54 Å². The van der Waals surface area contributed by atoms with Gasteiger partial charge >= 0.3 is 18.8 Å². The van der Waals surface area contributed by atoms with Crippen LogP contribution in [0.4, 0.5) is 26.7 Å². The van der Waals surface area contributed by atoms with Crippen molar-refractivity contribution in [2.45, 2.75) is 44.6 Å². The highest BCUT2D eigenvalue weighted by atomic mass is 19.4. The molecule has 0 aromatic heterocycles. The summed E-state index contributed by atoms with van der Waals surface area (Å²) in [4.78, 5) is 26.4. The molecule has 3 amide bonds. The molecule has 0 saturated carbocycles. The molecule has 1 atom stereocenters. The van der Waals surface area contributed by atoms with Crippen LogP contribution in [-0.4, -0.2) is 41.8 Å². The molecule has 1 saturated heterocycles. The Bertz CT molecular complexity index is 997. The summed E-state index contributed by atoms with van der Waals surface area (Å²) < 4.78 is 70.6. The third-order valence-electron chi connectivity index (χ3n) is 5.05. The Balaban J connectivity index is 1.61. The molecule has 2 aromatic rings. The molecule has 1 aliphatic heterocycles. The van der Waals surface area contributed by atoms with E-state index in [1.165, 1.54) is 30.3 Å². The fourth-order valence-electron chi connectivity index (χ4n) is 3.37. The van der Waals surface area contributed by atoms with E-state index < -0.39 is 36.9 Å². The van der Waals surface area contributed by atoms with E-state index in [1.54, 1.807) is 25.1 Å². The molecular weight excluding hydrogens is 451 g/mol. The molecule has 0 bridgehead atoms. The Labute approximate surface area is 186 Å². The van der Waals surface area contributed by atoms with E-state index in [-0.39, 0.29) is 24.5 Å². The molecule has 1 fully saturated rings. The van der Waals surface area contributed by atoms with Gasteiger partial charge in [0.1, 0.15) is 17.0 Å². The quantitative estimate of drug-likeness (QED) is 0.426. The van der Waals surface area contributed by atoms with Crippen LogP contribution in [0, 0.1) is 0 Å². The predicted octanol–water partition coefficient (Wildman–Crippen LogP) is 4.67. The van der Waals surface area contributed by atoms with Crippen LogP contribution in [0.15, 0.2) is 48.5 Å². The van der Waals surface area contributed by atoms with Crippen LogP contribution < -0.4 is 14.8 Å². The van der Waals surface area contributed by atoms with Crippen LogP contribution in [0.3, 0.4) is 0 Å². The van der Waals surface area contributed by atoms with Gasteiger partial charge in [-0.15, -0.1) is 0 Å². The molecule has 2 aromatic carbocycles. The number of ether oxygens (including phenoxy) is 2. The van der Waals surface area contributed by atoms with Crippen molar-refractivity contribution >= 4 is 11.9 Å². The van der Waals surface area contributed by atoms with Crippen molar-refractivity contribution in [3.05, 3.63) is 59.7 Å². The summed E-state index contributed by atoms with van der Waals surface area (Å²) in [7, 11) is 0. The molecule has 11 heteroatoms. The number of nitrogens with one attached hydrogen (secondary N) is 1. The van der Waals surface area contributed by atoms with E-state index in [9.17, 15) is 31.5 Å². The van der Waals surface area contributed by atoms with Crippen LogP contribution in [0.25, 0.3) is 0 Å². The predicted molar refractivity (Wildman–Crippen MR) is 107 cm³/mol. The number of benzene rings is 2. The second-order valence-electron chi connectivity index (χ2n) is 7.73. The molecular formula is C22H21F5N2O4. The number of hydrogen-bond acceptors (Lipinski definition) is 4. The average Bonchev–Trinajstić information content (AvgIpc) is 2.95. The smallest absolute Gasteiger partial charge is 0.422 e. The Morgan fingerprint density at radius 3 is 2.36 bits per heavy atom. The molecule has 0 aliphatic carbocycles. The van der Waals surface area contributed by atoms with Gasteiger partial charge in [-0.1, -0.05) is 24.3 Å². The summed E-state index contributed by atoms with van der Waals surface area (Å²) in [6, 6.07) is 11.1. The topological polar surface area (TPSA) is 67.9 Å². The third-order valence-corrected chi connectivity index (χ3v) is 5.05. The van der Waals surface area contributed by atoms with Crippen LogP contribution >= 0.6 is 0 Å². The molecule has 1 heterocycles. The first kappa shape index (κ1) is 24.3. The molecule has 6 nitrogen and oxygen atoms in total. The summed E-state index contributed by atoms with van der Waals surface area (Å²) in [5, 5.41) is 2.65. The van der Waals surface area contributed by atoms with Gasteiger partial charge in [0.2, 0.25) is 0 Å². The van der Waals surface area contributed by atoms with Crippen molar-refractivity contribution in [1.29, 1.82) is 0 Å². The molecule has 0 spiro atoms. The van der Waals surface area contributed by atoms with Crippen LogP contribution in [0.5, 0.6) is 11.5 Å². The summed E-state index contributed by atoms with van der Waals surface area (Å²) >= 11 is 0. The lowest BCUT2D eigenvalue weighted by Gasteiger charge is -2.22. The van der Waals surface area contributed by atoms with Crippen molar-refractivity contribution in [1.82, 2.24) is 10.2 Å². The monoisotopic (exact) mass is 472 g/mol. The highest BCUT2D eigenvalue weighted by Gasteiger charge is 2.47. The zero-order valence-electron chi connectivity index (χ0n) is 17.5. The van der Waals surface area contributed by atoms with Gasteiger partial charge in [-0.25, -0.2) is 4.79 Å². The molecule has 3 rings (SSSR count). The van der Waals surface area contributed by atoms with Crippen LogP contribution in [-0.2, 0) is 17.8 Å². The fraction of sp³-hybridized carbons (Fsp3) is 0.364. The number of urea groups is 1. The fourth-order valence-corrected chi connectivity index (χ4v) is 3.37. The number of hydrogen-bond donors (Lipinski definition) is 1. The summed E-state index contributed by atoms with van der Waals surface area (Å²) in [6.07, 6.45) is -3.86. The zero-order valence-corrected chi connectivity index (χ0v) is 17.5. The maximum atomic E-state index is 12.9. The van der Waals surface area contributed by atoms with E-state index in [0.717, 1.165) is 10.5 Å². The number of alkyl halides is 5. The Kier molecular flexibility index (Phi) is 7.09. The maximum absolute atomic E-state index is 12.9. The summed E-state index contributed by atoms with van der Waals surface area (Å²) in [5.41, 5.74) is -0.00973. The minimum absolute atomic E-state index is 0.0119. The second-order valence-corrected chi connectivity index (χ2v) is 7.73.